The standard InChI is InChI=1S/C23H35N3O5S2/c1-32(28,29)26-13-5-8-21(18-26)23(27)24-14-16-25(17-15-24)33(30,31)22-11-9-20(10-12-22)19-6-3-2-4-7-19/h9-12,19,21H,2-8,13-18H2,1H3. The Morgan fingerprint density at radius 3 is 2.03 bits per heavy atom. The van der Waals surface area contributed by atoms with Gasteiger partial charge in [0.2, 0.25) is 26.0 Å². The van der Waals surface area contributed by atoms with Crippen LogP contribution >= 0.6 is 0 Å². The summed E-state index contributed by atoms with van der Waals surface area (Å²) >= 11 is 0. The van der Waals surface area contributed by atoms with E-state index in [9.17, 15) is 21.6 Å². The average molecular weight is 498 g/mol. The zero-order valence-corrected chi connectivity index (χ0v) is 21.0. The number of nitrogens with zero attached hydrogens (tertiary/aromatic N) is 3. The molecular formula is C23H35N3O5S2. The van der Waals surface area contributed by atoms with E-state index in [4.69, 9.17) is 0 Å². The summed E-state index contributed by atoms with van der Waals surface area (Å²) in [5.74, 6) is 0.102. The van der Waals surface area contributed by atoms with Gasteiger partial charge in [-0.2, -0.15) is 4.31 Å². The van der Waals surface area contributed by atoms with Crippen molar-refractivity contribution in [2.75, 3.05) is 45.5 Å². The molecule has 1 saturated carbocycles. The Morgan fingerprint density at radius 1 is 0.788 bits per heavy atom. The lowest BCUT2D eigenvalue weighted by molar-refractivity contribution is -0.137. The van der Waals surface area contributed by atoms with Crippen molar-refractivity contribution in [1.29, 1.82) is 0 Å². The number of sulfonamides is 2. The summed E-state index contributed by atoms with van der Waals surface area (Å²) in [6, 6.07) is 7.36. The number of carbonyl (C=O) groups is 1. The third kappa shape index (κ3) is 5.61. The Kier molecular flexibility index (Phi) is 7.47. The molecular weight excluding hydrogens is 462 g/mol. The van der Waals surface area contributed by atoms with Gasteiger partial charge in [-0.15, -0.1) is 0 Å². The zero-order valence-electron chi connectivity index (χ0n) is 19.4. The molecule has 33 heavy (non-hydrogen) atoms. The maximum absolute atomic E-state index is 13.2. The van der Waals surface area contributed by atoms with Crippen molar-refractivity contribution in [3.8, 4) is 0 Å². The van der Waals surface area contributed by atoms with Crippen LogP contribution in [0, 0.1) is 5.92 Å². The molecule has 1 amide bonds. The van der Waals surface area contributed by atoms with Crippen molar-refractivity contribution in [2.24, 2.45) is 5.92 Å². The van der Waals surface area contributed by atoms with Gasteiger partial charge in [-0.3, -0.25) is 4.79 Å². The van der Waals surface area contributed by atoms with E-state index in [1.807, 2.05) is 12.1 Å². The minimum Gasteiger partial charge on any atom is -0.340 e. The number of rotatable bonds is 5. The molecule has 4 rings (SSSR count). The second-order valence-electron chi connectivity index (χ2n) is 9.59. The van der Waals surface area contributed by atoms with Crippen LogP contribution in [0.5, 0.6) is 0 Å². The molecule has 1 aromatic carbocycles. The Labute approximate surface area is 198 Å². The number of carbonyl (C=O) groups excluding carboxylic acids is 1. The van der Waals surface area contributed by atoms with Crippen LogP contribution in [0.1, 0.15) is 56.4 Å². The zero-order chi connectivity index (χ0) is 23.6. The van der Waals surface area contributed by atoms with Crippen LogP contribution in [0.25, 0.3) is 0 Å². The summed E-state index contributed by atoms with van der Waals surface area (Å²) in [5, 5.41) is 0. The summed E-state index contributed by atoms with van der Waals surface area (Å²) in [6.07, 6.45) is 8.60. The maximum atomic E-state index is 13.2. The predicted molar refractivity (Wildman–Crippen MR) is 127 cm³/mol. The van der Waals surface area contributed by atoms with Gasteiger partial charge in [0.15, 0.2) is 0 Å². The molecule has 1 unspecified atom stereocenters. The van der Waals surface area contributed by atoms with E-state index in [1.54, 1.807) is 17.0 Å². The van der Waals surface area contributed by atoms with E-state index in [-0.39, 0.29) is 31.5 Å². The van der Waals surface area contributed by atoms with E-state index in [0.29, 0.717) is 43.3 Å². The quantitative estimate of drug-likeness (QED) is 0.622. The van der Waals surface area contributed by atoms with Gasteiger partial charge in [0.05, 0.1) is 17.1 Å². The van der Waals surface area contributed by atoms with E-state index >= 15 is 0 Å². The summed E-state index contributed by atoms with van der Waals surface area (Å²) in [7, 11) is -6.92. The molecule has 8 nitrogen and oxygen atoms in total. The minimum absolute atomic E-state index is 0.0720. The fourth-order valence-corrected chi connectivity index (χ4v) is 7.68. The van der Waals surface area contributed by atoms with Gasteiger partial charge in [0.1, 0.15) is 0 Å². The molecule has 1 atom stereocenters. The van der Waals surface area contributed by atoms with Crippen LogP contribution in [-0.2, 0) is 24.8 Å². The monoisotopic (exact) mass is 497 g/mol. The molecule has 0 spiro atoms. The molecule has 0 radical (unpaired) electrons. The largest absolute Gasteiger partial charge is 0.340 e. The van der Waals surface area contributed by atoms with Gasteiger partial charge >= 0.3 is 0 Å². The molecule has 3 aliphatic rings. The van der Waals surface area contributed by atoms with Gasteiger partial charge in [-0.25, -0.2) is 21.1 Å². The molecule has 2 saturated heterocycles. The molecule has 10 heteroatoms. The Balaban J connectivity index is 1.35. The highest BCUT2D eigenvalue weighted by Crippen LogP contribution is 2.33. The number of amides is 1. The predicted octanol–water partition coefficient (Wildman–Crippen LogP) is 2.24. The Morgan fingerprint density at radius 2 is 1.42 bits per heavy atom. The van der Waals surface area contributed by atoms with Gasteiger partial charge in [-0.05, 0) is 49.3 Å². The molecule has 1 aromatic rings. The first kappa shape index (κ1) is 24.6. The third-order valence-corrected chi connectivity index (χ3v) is 10.5. The molecule has 2 heterocycles. The first-order valence-corrected chi connectivity index (χ1v) is 15.3. The van der Waals surface area contributed by atoms with Gasteiger partial charge in [0, 0.05) is 39.3 Å². The molecule has 184 valence electrons. The van der Waals surface area contributed by atoms with Gasteiger partial charge in [-0.1, -0.05) is 31.4 Å². The van der Waals surface area contributed by atoms with Crippen LogP contribution in [0.2, 0.25) is 0 Å². The van der Waals surface area contributed by atoms with Gasteiger partial charge in [0.25, 0.3) is 0 Å². The highest BCUT2D eigenvalue weighted by atomic mass is 32.2. The third-order valence-electron chi connectivity index (χ3n) is 7.35. The normalized spacial score (nSPS) is 24.6. The second-order valence-corrected chi connectivity index (χ2v) is 13.5. The maximum Gasteiger partial charge on any atom is 0.243 e. The van der Waals surface area contributed by atoms with Crippen LogP contribution in [0.15, 0.2) is 29.2 Å². The smallest absolute Gasteiger partial charge is 0.243 e. The molecule has 0 aromatic heterocycles. The average Bonchev–Trinajstić information content (AvgIpc) is 2.84. The fraction of sp³-hybridized carbons (Fsp3) is 0.696. The van der Waals surface area contributed by atoms with Crippen molar-refractivity contribution >= 4 is 26.0 Å². The number of hydrogen-bond acceptors (Lipinski definition) is 5. The minimum atomic E-state index is -3.60. The second kappa shape index (κ2) is 10.0. The molecule has 2 aliphatic heterocycles. The molecule has 1 aliphatic carbocycles. The summed E-state index contributed by atoms with van der Waals surface area (Å²) in [5.41, 5.74) is 1.22. The van der Waals surface area contributed by atoms with Crippen LogP contribution in [0.3, 0.4) is 0 Å². The lowest BCUT2D eigenvalue weighted by atomic mass is 9.84. The summed E-state index contributed by atoms with van der Waals surface area (Å²) in [6.45, 7) is 1.82. The van der Waals surface area contributed by atoms with Crippen LogP contribution in [-0.4, -0.2) is 81.8 Å². The van der Waals surface area contributed by atoms with Crippen molar-refractivity contribution in [3.63, 3.8) is 0 Å². The molecule has 0 bridgehead atoms. The number of hydrogen-bond donors (Lipinski definition) is 0. The lowest BCUT2D eigenvalue weighted by Crippen LogP contribution is -2.53. The van der Waals surface area contributed by atoms with Gasteiger partial charge < -0.3 is 4.90 Å². The highest BCUT2D eigenvalue weighted by molar-refractivity contribution is 7.89. The van der Waals surface area contributed by atoms with E-state index in [1.165, 1.54) is 52.5 Å². The number of benzene rings is 1. The van der Waals surface area contributed by atoms with Crippen molar-refractivity contribution < 1.29 is 21.6 Å². The number of piperazine rings is 1. The Hall–Kier alpha value is -1.49. The first-order chi connectivity index (χ1) is 15.7. The SMILES string of the molecule is CS(=O)(=O)N1CCCC(C(=O)N2CCN(S(=O)(=O)c3ccc(C4CCCCC4)cc3)CC2)C1. The van der Waals surface area contributed by atoms with E-state index in [2.05, 4.69) is 0 Å². The van der Waals surface area contributed by atoms with E-state index in [0.717, 1.165) is 0 Å². The van der Waals surface area contributed by atoms with E-state index < -0.39 is 20.0 Å². The fourth-order valence-electron chi connectivity index (χ4n) is 5.35. The summed E-state index contributed by atoms with van der Waals surface area (Å²) in [4.78, 5) is 15.0. The van der Waals surface area contributed by atoms with Crippen molar-refractivity contribution in [1.82, 2.24) is 13.5 Å². The first-order valence-electron chi connectivity index (χ1n) is 12.0. The number of piperidine rings is 1. The topological polar surface area (TPSA) is 95.1 Å². The van der Waals surface area contributed by atoms with Crippen molar-refractivity contribution in [3.05, 3.63) is 29.8 Å². The van der Waals surface area contributed by atoms with Crippen molar-refractivity contribution in [2.45, 2.75) is 55.8 Å². The van der Waals surface area contributed by atoms with Crippen LogP contribution in [0.4, 0.5) is 0 Å². The van der Waals surface area contributed by atoms with Crippen LogP contribution < -0.4 is 0 Å². The molecule has 0 N–H and O–H groups in total. The highest BCUT2D eigenvalue weighted by Gasteiger charge is 2.35. The lowest BCUT2D eigenvalue weighted by Gasteiger charge is -2.38. The Bertz CT molecular complexity index is 1040. The molecule has 3 fully saturated rings. The summed E-state index contributed by atoms with van der Waals surface area (Å²) < 4.78 is 52.9.